The maximum atomic E-state index is 13.4. The van der Waals surface area contributed by atoms with Gasteiger partial charge < -0.3 is 4.90 Å². The van der Waals surface area contributed by atoms with Gasteiger partial charge in [-0.2, -0.15) is 0 Å². The monoisotopic (exact) mass is 350 g/mol. The van der Waals surface area contributed by atoms with Crippen LogP contribution in [0.5, 0.6) is 0 Å². The maximum Gasteiger partial charge on any atom is 0.255 e. The van der Waals surface area contributed by atoms with Gasteiger partial charge in [-0.25, -0.2) is 4.63 Å². The van der Waals surface area contributed by atoms with Crippen molar-refractivity contribution in [2.24, 2.45) is 0 Å². The zero-order valence-electron chi connectivity index (χ0n) is 15.5. The summed E-state index contributed by atoms with van der Waals surface area (Å²) in [6.07, 6.45) is 1.82. The second-order valence-electron chi connectivity index (χ2n) is 7.11. The first kappa shape index (κ1) is 16.7. The third-order valence-electron chi connectivity index (χ3n) is 5.38. The molecule has 1 atom stereocenters. The van der Waals surface area contributed by atoms with Gasteiger partial charge in [0.25, 0.3) is 5.91 Å². The highest BCUT2D eigenvalue weighted by atomic mass is 16.6. The molecule has 1 amide bonds. The number of pyridine rings is 1. The summed E-state index contributed by atoms with van der Waals surface area (Å²) in [6, 6.07) is 5.87. The summed E-state index contributed by atoms with van der Waals surface area (Å²) in [6.45, 7) is 8.64. The second kappa shape index (κ2) is 6.20. The Morgan fingerprint density at radius 3 is 2.73 bits per heavy atom. The topological polar surface area (TPSA) is 72.1 Å². The van der Waals surface area contributed by atoms with E-state index in [1.54, 1.807) is 0 Å². The molecule has 0 radical (unpaired) electrons. The smallest absolute Gasteiger partial charge is 0.255 e. The van der Waals surface area contributed by atoms with Crippen LogP contribution in [0.15, 0.2) is 22.8 Å². The molecular weight excluding hydrogens is 328 g/mol. The van der Waals surface area contributed by atoms with E-state index in [-0.39, 0.29) is 11.9 Å². The van der Waals surface area contributed by atoms with E-state index in [4.69, 9.17) is 4.63 Å². The third kappa shape index (κ3) is 2.57. The Kier molecular flexibility index (Phi) is 3.98. The van der Waals surface area contributed by atoms with Crippen LogP contribution in [-0.2, 0) is 0 Å². The molecule has 0 bridgehead atoms. The molecular formula is C20H22N4O2. The van der Waals surface area contributed by atoms with Crippen LogP contribution in [0.4, 0.5) is 0 Å². The Bertz CT molecular complexity index is 1010. The van der Waals surface area contributed by atoms with Crippen molar-refractivity contribution in [1.82, 2.24) is 20.2 Å². The van der Waals surface area contributed by atoms with E-state index >= 15 is 0 Å². The summed E-state index contributed by atoms with van der Waals surface area (Å²) >= 11 is 0. The highest BCUT2D eigenvalue weighted by Crippen LogP contribution is 2.35. The first-order valence-electron chi connectivity index (χ1n) is 8.95. The summed E-state index contributed by atoms with van der Waals surface area (Å²) in [5, 5.41) is 8.82. The Hall–Kier alpha value is -2.76. The highest BCUT2D eigenvalue weighted by Gasteiger charge is 2.34. The number of rotatable bonds is 2. The lowest BCUT2D eigenvalue weighted by Crippen LogP contribution is -2.31. The van der Waals surface area contributed by atoms with Crippen molar-refractivity contribution in [3.8, 4) is 0 Å². The molecule has 3 aromatic rings. The molecule has 0 spiro atoms. The number of carbonyl (C=O) groups is 1. The summed E-state index contributed by atoms with van der Waals surface area (Å²) in [5.41, 5.74) is 6.27. The van der Waals surface area contributed by atoms with Crippen LogP contribution in [0, 0.1) is 27.7 Å². The lowest BCUT2D eigenvalue weighted by molar-refractivity contribution is 0.0732. The standard InChI is InChI=1S/C20H22N4O2/c1-11-7-8-15-16(10-12(2)21-18(15)13(11)3)20(25)24-9-5-6-17(24)19-14(4)22-26-23-19/h7-8,10,17H,5-6,9H2,1-4H3. The Balaban J connectivity index is 1.81. The van der Waals surface area contributed by atoms with E-state index in [9.17, 15) is 4.79 Å². The molecule has 0 aliphatic carbocycles. The van der Waals surface area contributed by atoms with Gasteiger partial charge in [0, 0.05) is 17.6 Å². The Morgan fingerprint density at radius 1 is 1.19 bits per heavy atom. The average molecular weight is 350 g/mol. The number of likely N-dealkylation sites (tertiary alicyclic amines) is 1. The predicted molar refractivity (Wildman–Crippen MR) is 98.0 cm³/mol. The molecule has 1 aliphatic rings. The molecule has 3 heterocycles. The number of fused-ring (bicyclic) bond motifs is 1. The molecule has 6 nitrogen and oxygen atoms in total. The normalized spacial score (nSPS) is 17.2. The van der Waals surface area contributed by atoms with Gasteiger partial charge in [-0.15, -0.1) is 0 Å². The summed E-state index contributed by atoms with van der Waals surface area (Å²) in [5.74, 6) is 0.0219. The summed E-state index contributed by atoms with van der Waals surface area (Å²) < 4.78 is 4.86. The minimum absolute atomic E-state index is 0.0219. The van der Waals surface area contributed by atoms with Crippen LogP contribution in [0.3, 0.4) is 0 Å². The van der Waals surface area contributed by atoms with Gasteiger partial charge in [0.2, 0.25) is 0 Å². The average Bonchev–Trinajstić information content (AvgIpc) is 3.25. The number of nitrogens with zero attached hydrogens (tertiary/aromatic N) is 4. The van der Waals surface area contributed by atoms with Crippen LogP contribution in [-0.4, -0.2) is 32.6 Å². The van der Waals surface area contributed by atoms with Gasteiger partial charge in [0.1, 0.15) is 11.4 Å². The van der Waals surface area contributed by atoms with Gasteiger partial charge in [-0.3, -0.25) is 9.78 Å². The van der Waals surface area contributed by atoms with E-state index in [1.807, 2.05) is 30.9 Å². The molecule has 1 aliphatic heterocycles. The van der Waals surface area contributed by atoms with Gasteiger partial charge in [0.15, 0.2) is 0 Å². The van der Waals surface area contributed by atoms with Gasteiger partial charge in [-0.05, 0) is 57.7 Å². The third-order valence-corrected chi connectivity index (χ3v) is 5.38. The Morgan fingerprint density at radius 2 is 2.00 bits per heavy atom. The molecule has 26 heavy (non-hydrogen) atoms. The Labute approximate surface area is 152 Å². The van der Waals surface area contributed by atoms with Crippen molar-refractivity contribution in [3.05, 3.63) is 52.0 Å². The highest BCUT2D eigenvalue weighted by molar-refractivity contribution is 6.07. The predicted octanol–water partition coefficient (Wildman–Crippen LogP) is 3.83. The number of aryl methyl sites for hydroxylation is 4. The van der Waals surface area contributed by atoms with Crippen molar-refractivity contribution in [3.63, 3.8) is 0 Å². The molecule has 2 aromatic heterocycles. The summed E-state index contributed by atoms with van der Waals surface area (Å²) in [7, 11) is 0. The van der Waals surface area contributed by atoms with Crippen LogP contribution in [0.2, 0.25) is 0 Å². The van der Waals surface area contributed by atoms with Crippen LogP contribution in [0.25, 0.3) is 10.9 Å². The van der Waals surface area contributed by atoms with E-state index in [0.29, 0.717) is 12.1 Å². The first-order valence-corrected chi connectivity index (χ1v) is 8.95. The summed E-state index contributed by atoms with van der Waals surface area (Å²) in [4.78, 5) is 20.0. The molecule has 0 saturated carbocycles. The van der Waals surface area contributed by atoms with Crippen molar-refractivity contribution in [1.29, 1.82) is 0 Å². The molecule has 4 rings (SSSR count). The van der Waals surface area contributed by atoms with Crippen molar-refractivity contribution < 1.29 is 9.42 Å². The number of benzene rings is 1. The molecule has 1 fully saturated rings. The molecule has 134 valence electrons. The maximum absolute atomic E-state index is 13.4. The van der Waals surface area contributed by atoms with Crippen molar-refractivity contribution in [2.45, 2.75) is 46.6 Å². The fraction of sp³-hybridized carbons (Fsp3) is 0.400. The van der Waals surface area contributed by atoms with E-state index in [2.05, 4.69) is 35.2 Å². The van der Waals surface area contributed by atoms with E-state index in [1.165, 1.54) is 5.56 Å². The largest absolute Gasteiger partial charge is 0.330 e. The lowest BCUT2D eigenvalue weighted by Gasteiger charge is -2.24. The SMILES string of the molecule is Cc1cc(C(=O)N2CCCC2c2nonc2C)c2ccc(C)c(C)c2n1. The molecule has 1 unspecified atom stereocenters. The lowest BCUT2D eigenvalue weighted by atomic mass is 10.00. The van der Waals surface area contributed by atoms with Gasteiger partial charge in [0.05, 0.1) is 17.1 Å². The number of amides is 1. The van der Waals surface area contributed by atoms with E-state index < -0.39 is 0 Å². The van der Waals surface area contributed by atoms with Crippen molar-refractivity contribution >= 4 is 16.8 Å². The zero-order valence-corrected chi connectivity index (χ0v) is 15.5. The number of hydrogen-bond donors (Lipinski definition) is 0. The van der Waals surface area contributed by atoms with Crippen molar-refractivity contribution in [2.75, 3.05) is 6.54 Å². The first-order chi connectivity index (χ1) is 12.5. The minimum atomic E-state index is -0.0798. The fourth-order valence-electron chi connectivity index (χ4n) is 3.82. The second-order valence-corrected chi connectivity index (χ2v) is 7.11. The number of hydrogen-bond acceptors (Lipinski definition) is 5. The zero-order chi connectivity index (χ0) is 18.4. The quantitative estimate of drug-likeness (QED) is 0.702. The number of aromatic nitrogens is 3. The molecule has 6 heteroatoms. The van der Waals surface area contributed by atoms with Crippen LogP contribution in [0.1, 0.15) is 57.5 Å². The van der Waals surface area contributed by atoms with Gasteiger partial charge >= 0.3 is 0 Å². The fourth-order valence-corrected chi connectivity index (χ4v) is 3.82. The van der Waals surface area contributed by atoms with Crippen LogP contribution >= 0.6 is 0 Å². The molecule has 1 aromatic carbocycles. The van der Waals surface area contributed by atoms with E-state index in [0.717, 1.165) is 46.4 Å². The minimum Gasteiger partial charge on any atom is -0.330 e. The van der Waals surface area contributed by atoms with Crippen LogP contribution < -0.4 is 0 Å². The molecule has 1 saturated heterocycles. The molecule has 0 N–H and O–H groups in total. The number of carbonyl (C=O) groups excluding carboxylic acids is 1. The van der Waals surface area contributed by atoms with Gasteiger partial charge in [-0.1, -0.05) is 22.4 Å².